The zero-order valence-corrected chi connectivity index (χ0v) is 20.9. The fourth-order valence-electron chi connectivity index (χ4n) is 4.29. The van der Waals surface area contributed by atoms with Gasteiger partial charge in [0.2, 0.25) is 5.75 Å². The first kappa shape index (κ1) is 25.5. The lowest BCUT2D eigenvalue weighted by Crippen LogP contribution is -2.26. The Morgan fingerprint density at radius 2 is 1.76 bits per heavy atom. The molecule has 2 aromatic carbocycles. The molecule has 0 atom stereocenters. The molecule has 0 radical (unpaired) electrons. The number of nitrogens with one attached hydrogen (secondary N) is 1. The van der Waals surface area contributed by atoms with Gasteiger partial charge in [-0.25, -0.2) is 0 Å². The fraction of sp³-hybridized carbons (Fsp3) is 0.346. The van der Waals surface area contributed by atoms with E-state index in [1.165, 1.54) is 0 Å². The number of hydrogen-bond donors (Lipinski definition) is 1. The molecule has 1 aromatic heterocycles. The lowest BCUT2D eigenvalue weighted by atomic mass is 10.1. The van der Waals surface area contributed by atoms with Gasteiger partial charge in [-0.15, -0.1) is 0 Å². The first-order valence-electron chi connectivity index (χ1n) is 10.9. The number of aromatic carboxylic acids is 1. The van der Waals surface area contributed by atoms with Crippen LogP contribution in [0.5, 0.6) is 17.2 Å². The Labute approximate surface area is 205 Å². The molecule has 0 bridgehead atoms. The molecule has 0 spiro atoms. The van der Waals surface area contributed by atoms with Gasteiger partial charge in [-0.2, -0.15) is 0 Å². The Hall–Kier alpha value is -3.16. The molecule has 0 aliphatic heterocycles. The van der Waals surface area contributed by atoms with E-state index in [-0.39, 0.29) is 5.56 Å². The molecule has 1 heterocycles. The van der Waals surface area contributed by atoms with E-state index in [0.29, 0.717) is 54.0 Å². The van der Waals surface area contributed by atoms with Gasteiger partial charge < -0.3 is 34.0 Å². The van der Waals surface area contributed by atoms with Crippen molar-refractivity contribution < 1.29 is 24.1 Å². The second-order valence-electron chi connectivity index (χ2n) is 7.95. The molecular weight excluding hydrogens is 456 g/mol. The molecule has 0 fully saturated rings. The molecule has 1 N–H and O–H groups in total. The second-order valence-corrected chi connectivity index (χ2v) is 8.38. The molecule has 0 aliphatic carbocycles. The van der Waals surface area contributed by atoms with Gasteiger partial charge in [0.1, 0.15) is 0 Å². The van der Waals surface area contributed by atoms with Crippen molar-refractivity contribution in [3.63, 3.8) is 0 Å². The number of carbonyl (C=O) groups is 1. The van der Waals surface area contributed by atoms with Crippen LogP contribution in [0.15, 0.2) is 36.4 Å². The second kappa shape index (κ2) is 11.3. The average molecular weight is 486 g/mol. The van der Waals surface area contributed by atoms with E-state index in [1.54, 1.807) is 28.3 Å². The van der Waals surface area contributed by atoms with E-state index in [2.05, 4.69) is 5.32 Å². The zero-order chi connectivity index (χ0) is 24.8. The number of methoxy groups -OCH3 is 3. The van der Waals surface area contributed by atoms with Gasteiger partial charge in [0, 0.05) is 35.1 Å². The summed E-state index contributed by atoms with van der Waals surface area (Å²) in [5, 5.41) is 16.0. The topological polar surface area (TPSA) is 84.8 Å². The van der Waals surface area contributed by atoms with Crippen LogP contribution in [0.4, 0.5) is 0 Å². The summed E-state index contributed by atoms with van der Waals surface area (Å²) in [7, 11) is 4.74. The van der Waals surface area contributed by atoms with Crippen molar-refractivity contribution in [2.24, 2.45) is 0 Å². The molecule has 3 aromatic rings. The maximum Gasteiger partial charge on any atom is 0.203 e. The van der Waals surface area contributed by atoms with Crippen LogP contribution >= 0.6 is 11.6 Å². The van der Waals surface area contributed by atoms with Crippen molar-refractivity contribution in [2.75, 3.05) is 27.9 Å². The largest absolute Gasteiger partial charge is 0.545 e. The first-order valence-corrected chi connectivity index (χ1v) is 11.3. The van der Waals surface area contributed by atoms with E-state index in [9.17, 15) is 9.90 Å². The molecular formula is C26H30ClN2O5-. The predicted molar refractivity (Wildman–Crippen MR) is 130 cm³/mol. The molecule has 7 nitrogen and oxygen atoms in total. The van der Waals surface area contributed by atoms with Crippen LogP contribution < -0.4 is 24.6 Å². The smallest absolute Gasteiger partial charge is 0.203 e. The van der Waals surface area contributed by atoms with Gasteiger partial charge >= 0.3 is 0 Å². The number of carboxylic acid groups (broad SMARTS) is 1. The standard InChI is InChI=1S/C26H31ClN2O5/c1-16-21(14-28-12-11-19-9-10-22(32-3)25(34-5)24(19)33-4)23(26(30)31)17(2)29(16)15-18-7-6-8-20(27)13-18/h6-10,13,28H,11-12,14-15H2,1-5H3,(H,30,31)/p-1. The van der Waals surface area contributed by atoms with Crippen molar-refractivity contribution in [3.05, 3.63) is 75.1 Å². The predicted octanol–water partition coefficient (Wildman–Crippen LogP) is 3.53. The summed E-state index contributed by atoms with van der Waals surface area (Å²) in [6.07, 6.45) is 0.658. The molecule has 182 valence electrons. The maximum absolute atomic E-state index is 12.0. The highest BCUT2D eigenvalue weighted by atomic mass is 35.5. The fourth-order valence-corrected chi connectivity index (χ4v) is 4.50. The number of nitrogens with zero attached hydrogens (tertiary/aromatic N) is 1. The van der Waals surface area contributed by atoms with Gasteiger partial charge in [0.15, 0.2) is 11.5 Å². The van der Waals surface area contributed by atoms with Gasteiger partial charge in [-0.3, -0.25) is 0 Å². The highest BCUT2D eigenvalue weighted by Gasteiger charge is 2.19. The molecule has 8 heteroatoms. The molecule has 3 rings (SSSR count). The minimum absolute atomic E-state index is 0.232. The number of halogens is 1. The third-order valence-electron chi connectivity index (χ3n) is 6.00. The van der Waals surface area contributed by atoms with Crippen LogP contribution in [0.3, 0.4) is 0 Å². The molecule has 0 aliphatic rings. The van der Waals surface area contributed by atoms with E-state index in [4.69, 9.17) is 25.8 Å². The summed E-state index contributed by atoms with van der Waals surface area (Å²) < 4.78 is 18.3. The minimum Gasteiger partial charge on any atom is -0.545 e. The molecule has 0 saturated heterocycles. The van der Waals surface area contributed by atoms with Crippen molar-refractivity contribution in [3.8, 4) is 17.2 Å². The summed E-state index contributed by atoms with van der Waals surface area (Å²) in [4.78, 5) is 12.0. The van der Waals surface area contributed by atoms with E-state index < -0.39 is 5.97 Å². The van der Waals surface area contributed by atoms with Crippen LogP contribution in [0.25, 0.3) is 0 Å². The monoisotopic (exact) mass is 485 g/mol. The van der Waals surface area contributed by atoms with Crippen molar-refractivity contribution in [1.82, 2.24) is 9.88 Å². The van der Waals surface area contributed by atoms with Crippen molar-refractivity contribution in [1.29, 1.82) is 0 Å². The van der Waals surface area contributed by atoms with E-state index in [1.807, 2.05) is 47.9 Å². The van der Waals surface area contributed by atoms with Crippen molar-refractivity contribution in [2.45, 2.75) is 33.4 Å². The Kier molecular flexibility index (Phi) is 8.47. The Morgan fingerprint density at radius 1 is 1.03 bits per heavy atom. The van der Waals surface area contributed by atoms with E-state index in [0.717, 1.165) is 22.4 Å². The third kappa shape index (κ3) is 5.32. The summed E-state index contributed by atoms with van der Waals surface area (Å²) in [6, 6.07) is 11.3. The van der Waals surface area contributed by atoms with Gasteiger partial charge in [-0.05, 0) is 61.7 Å². The number of rotatable bonds is 11. The number of aromatic nitrogens is 1. The molecule has 34 heavy (non-hydrogen) atoms. The SMILES string of the molecule is COc1ccc(CCNCc2c(C(=O)[O-])c(C)n(Cc3cccc(Cl)c3)c2C)c(OC)c1OC. The Morgan fingerprint density at radius 3 is 2.38 bits per heavy atom. The number of ether oxygens (including phenoxy) is 3. The first-order chi connectivity index (χ1) is 16.3. The van der Waals surface area contributed by atoms with Gasteiger partial charge in [0.05, 0.1) is 27.3 Å². The lowest BCUT2D eigenvalue weighted by Gasteiger charge is -2.16. The van der Waals surface area contributed by atoms with E-state index >= 15 is 0 Å². The van der Waals surface area contributed by atoms with Crippen LogP contribution in [0, 0.1) is 13.8 Å². The number of carboxylic acids is 1. The van der Waals surface area contributed by atoms with Gasteiger partial charge in [0.25, 0.3) is 0 Å². The molecule has 0 unspecified atom stereocenters. The summed E-state index contributed by atoms with van der Waals surface area (Å²) in [5.41, 5.74) is 4.45. The molecule has 0 saturated carbocycles. The number of carbonyl (C=O) groups excluding carboxylic acids is 1. The highest BCUT2D eigenvalue weighted by Crippen LogP contribution is 2.39. The highest BCUT2D eigenvalue weighted by molar-refractivity contribution is 6.30. The van der Waals surface area contributed by atoms with Crippen molar-refractivity contribution >= 4 is 17.6 Å². The number of benzene rings is 2. The summed E-state index contributed by atoms with van der Waals surface area (Å²) in [6.45, 7) is 5.27. The number of hydrogen-bond acceptors (Lipinski definition) is 6. The molecule has 0 amide bonds. The third-order valence-corrected chi connectivity index (χ3v) is 6.24. The summed E-state index contributed by atoms with van der Waals surface area (Å²) in [5.74, 6) is 0.593. The normalized spacial score (nSPS) is 10.9. The van der Waals surface area contributed by atoms with Gasteiger partial charge in [-0.1, -0.05) is 29.8 Å². The zero-order valence-electron chi connectivity index (χ0n) is 20.2. The Balaban J connectivity index is 1.77. The maximum atomic E-state index is 12.0. The summed E-state index contributed by atoms with van der Waals surface area (Å²) >= 11 is 6.12. The van der Waals surface area contributed by atoms with Crippen LogP contribution in [0.2, 0.25) is 5.02 Å². The van der Waals surface area contributed by atoms with Crippen LogP contribution in [0.1, 0.15) is 38.4 Å². The Bertz CT molecular complexity index is 1170. The lowest BCUT2D eigenvalue weighted by molar-refractivity contribution is -0.255. The quantitative estimate of drug-likeness (QED) is 0.418. The van der Waals surface area contributed by atoms with Crippen LogP contribution in [-0.2, 0) is 19.5 Å². The minimum atomic E-state index is -1.18. The average Bonchev–Trinajstić information content (AvgIpc) is 3.05. The van der Waals surface area contributed by atoms with Crippen LogP contribution in [-0.4, -0.2) is 38.4 Å².